The van der Waals surface area contributed by atoms with Crippen molar-refractivity contribution in [2.75, 3.05) is 51.8 Å². The number of aliphatic hydroxyl groups excluding tert-OH is 2. The number of rotatable bonds is 5. The number of anilines is 1. The first-order chi connectivity index (χ1) is 25.0. The summed E-state index contributed by atoms with van der Waals surface area (Å²) >= 11 is 0. The van der Waals surface area contributed by atoms with Gasteiger partial charge in [-0.15, -0.1) is 0 Å². The van der Waals surface area contributed by atoms with Gasteiger partial charge in [0.05, 0.1) is 31.1 Å². The van der Waals surface area contributed by atoms with Gasteiger partial charge in [0.2, 0.25) is 5.60 Å². The molecule has 0 amide bonds. The number of piperidine rings is 1. The van der Waals surface area contributed by atoms with Crippen LogP contribution in [-0.4, -0.2) is 117 Å². The average Bonchev–Trinajstić information content (AvgIpc) is 3.81. The standard InChI is InChI=1S/C42H52N4O6/c1-5-39(50)21-25-18-30(34-28(12-16-45(22-25)24-39)27-10-7-8-11-32(27)43-34)29-20-31-33(19-26(29)23-47)44(3)36-41(31)14-17-46-15-9-13-40(6-2,35(41)46)37(48)42(36,51)38(49)52-4/h7-11,13,18-20,25,35-37,43,47-48,50-51H,5-6,12,14-17,21-24H2,1-4H3/b30-18-/t25?,35?,36?,37-,39+,40-,41?,42+/m1/s1. The third-order valence-electron chi connectivity index (χ3n) is 14.3. The second-order valence-corrected chi connectivity index (χ2v) is 16.6. The topological polar surface area (TPSA) is 133 Å². The van der Waals surface area contributed by atoms with Crippen molar-refractivity contribution in [3.63, 3.8) is 0 Å². The highest BCUT2D eigenvalue weighted by molar-refractivity contribution is 5.94. The number of carbonyl (C=O) groups is 1. The summed E-state index contributed by atoms with van der Waals surface area (Å²) in [4.78, 5) is 24.5. The average molecular weight is 709 g/mol. The molecule has 9 atom stereocenters. The maximum Gasteiger partial charge on any atom is 0.342 e. The third-order valence-corrected chi connectivity index (χ3v) is 14.3. The molecule has 1 aliphatic carbocycles. The first kappa shape index (κ1) is 34.3. The van der Waals surface area contributed by atoms with E-state index in [1.807, 2.05) is 24.9 Å². The van der Waals surface area contributed by atoms with Gasteiger partial charge in [-0.2, -0.15) is 0 Å². The molecule has 6 aliphatic rings. The number of hydrogen-bond donors (Lipinski definition) is 5. The van der Waals surface area contributed by atoms with Crippen LogP contribution >= 0.6 is 0 Å². The number of carbonyl (C=O) groups excluding carboxylic acids is 1. The molecule has 2 aromatic carbocycles. The lowest BCUT2D eigenvalue weighted by atomic mass is 9.48. The quantitative estimate of drug-likeness (QED) is 0.200. The van der Waals surface area contributed by atoms with Crippen LogP contribution in [0.3, 0.4) is 0 Å². The number of esters is 1. The van der Waals surface area contributed by atoms with Crippen molar-refractivity contribution in [2.24, 2.45) is 11.3 Å². The molecule has 2 bridgehead atoms. The van der Waals surface area contributed by atoms with Gasteiger partial charge in [-0.05, 0) is 85.0 Å². The van der Waals surface area contributed by atoms with Crippen molar-refractivity contribution in [2.45, 2.75) is 87.4 Å². The highest BCUT2D eigenvalue weighted by Crippen LogP contribution is 2.67. The molecule has 1 saturated carbocycles. The van der Waals surface area contributed by atoms with Crippen LogP contribution < -0.4 is 4.90 Å². The maximum atomic E-state index is 13.9. The highest BCUT2D eigenvalue weighted by atomic mass is 16.5. The van der Waals surface area contributed by atoms with Gasteiger partial charge >= 0.3 is 5.97 Å². The number of nitrogens with zero attached hydrogens (tertiary/aromatic N) is 3. The summed E-state index contributed by atoms with van der Waals surface area (Å²) in [7, 11) is 3.18. The van der Waals surface area contributed by atoms with Gasteiger partial charge in [0.1, 0.15) is 6.10 Å². The number of fused-ring (bicyclic) bond motifs is 6. The molecular formula is C42H52N4O6. The molecule has 5 N–H and O–H groups in total. The molecule has 5 aliphatic heterocycles. The summed E-state index contributed by atoms with van der Waals surface area (Å²) in [6.07, 6.45) is 8.41. The van der Waals surface area contributed by atoms with Crippen LogP contribution in [0.2, 0.25) is 0 Å². The number of ether oxygens (including phenoxy) is 1. The zero-order valence-corrected chi connectivity index (χ0v) is 30.7. The summed E-state index contributed by atoms with van der Waals surface area (Å²) < 4.78 is 5.33. The lowest BCUT2D eigenvalue weighted by Gasteiger charge is -2.63. The van der Waals surface area contributed by atoms with E-state index in [1.54, 1.807) is 0 Å². The predicted molar refractivity (Wildman–Crippen MR) is 200 cm³/mol. The number of aromatic nitrogens is 1. The van der Waals surface area contributed by atoms with Gasteiger partial charge in [-0.1, -0.05) is 50.3 Å². The minimum Gasteiger partial charge on any atom is -0.467 e. The van der Waals surface area contributed by atoms with E-state index in [0.717, 1.165) is 71.8 Å². The van der Waals surface area contributed by atoms with Crippen LogP contribution in [0.25, 0.3) is 16.5 Å². The van der Waals surface area contributed by atoms with Crippen LogP contribution in [-0.2, 0) is 28.0 Å². The fourth-order valence-electron chi connectivity index (χ4n) is 12.2. The van der Waals surface area contributed by atoms with Gasteiger partial charge in [0, 0.05) is 72.3 Å². The van der Waals surface area contributed by atoms with Gasteiger partial charge in [-0.25, -0.2) is 4.79 Å². The van der Waals surface area contributed by atoms with Crippen LogP contribution in [0.4, 0.5) is 5.69 Å². The minimum absolute atomic E-state index is 0.0758. The normalized spacial score (nSPS) is 38.7. The Kier molecular flexibility index (Phi) is 7.74. The van der Waals surface area contributed by atoms with Gasteiger partial charge in [0.15, 0.2) is 0 Å². The molecule has 6 heterocycles. The van der Waals surface area contributed by atoms with E-state index in [-0.39, 0.29) is 18.6 Å². The fourth-order valence-corrected chi connectivity index (χ4v) is 12.2. The number of benzene rings is 2. The summed E-state index contributed by atoms with van der Waals surface area (Å²) in [5.41, 5.74) is 3.22. The summed E-state index contributed by atoms with van der Waals surface area (Å²) in [6, 6.07) is 11.7. The lowest BCUT2D eigenvalue weighted by Crippen LogP contribution is -2.80. The second kappa shape index (κ2) is 11.7. The zero-order valence-electron chi connectivity index (χ0n) is 30.7. The molecule has 2 saturated heterocycles. The summed E-state index contributed by atoms with van der Waals surface area (Å²) in [5, 5.41) is 49.2. The number of likely N-dealkylation sites (N-methyl/N-ethyl adjacent to an activating group) is 1. The minimum atomic E-state index is -2.22. The van der Waals surface area contributed by atoms with E-state index in [1.165, 1.54) is 18.1 Å². The first-order valence-electron chi connectivity index (χ1n) is 19.2. The third kappa shape index (κ3) is 4.30. The molecule has 1 spiro atoms. The number of nitrogens with one attached hydrogen (secondary N) is 1. The summed E-state index contributed by atoms with van der Waals surface area (Å²) in [5.74, 6) is -0.755. The molecule has 276 valence electrons. The first-order valence-corrected chi connectivity index (χ1v) is 19.2. The Balaban J connectivity index is 1.32. The molecule has 5 unspecified atom stereocenters. The van der Waals surface area contributed by atoms with Crippen LogP contribution in [0.15, 0.2) is 54.6 Å². The molecule has 3 fully saturated rings. The molecule has 9 rings (SSSR count). The smallest absolute Gasteiger partial charge is 0.342 e. The Bertz CT molecular complexity index is 2020. The van der Waals surface area contributed by atoms with E-state index in [9.17, 15) is 25.2 Å². The Hall–Kier alpha value is -3.51. The van der Waals surface area contributed by atoms with Crippen molar-refractivity contribution in [3.05, 3.63) is 82.6 Å². The highest BCUT2D eigenvalue weighted by Gasteiger charge is 2.79. The van der Waals surface area contributed by atoms with E-state index < -0.39 is 40.1 Å². The number of para-hydroxylation sites is 1. The summed E-state index contributed by atoms with van der Waals surface area (Å²) in [6.45, 7) is 7.70. The number of hydrogen-bond acceptors (Lipinski definition) is 9. The lowest BCUT2D eigenvalue weighted by molar-refractivity contribution is -0.218. The van der Waals surface area contributed by atoms with Crippen LogP contribution in [0.1, 0.15) is 67.5 Å². The van der Waals surface area contributed by atoms with Gasteiger partial charge < -0.3 is 35.0 Å². The Morgan fingerprint density at radius 1 is 1.10 bits per heavy atom. The molecule has 10 heteroatoms. The van der Waals surface area contributed by atoms with Gasteiger partial charge in [0.25, 0.3) is 0 Å². The number of aliphatic hydroxyl groups is 4. The van der Waals surface area contributed by atoms with Crippen molar-refractivity contribution in [1.29, 1.82) is 0 Å². The SMILES string of the molecule is CC[C@]1(O)CC2/C=C(/c3cc4c(cc3CO)N(C)C3C45CCN4CC=C[C@](CC)(C45)[C@@H](O)[C@]3(O)C(=O)OC)c3[nH]c4ccccc4c3CCN(C2)C1. The van der Waals surface area contributed by atoms with Crippen LogP contribution in [0, 0.1) is 11.3 Å². The number of H-pyrrole nitrogens is 1. The van der Waals surface area contributed by atoms with E-state index in [2.05, 4.69) is 70.3 Å². The van der Waals surface area contributed by atoms with Crippen molar-refractivity contribution < 1.29 is 30.0 Å². The van der Waals surface area contributed by atoms with E-state index in [0.29, 0.717) is 32.2 Å². The zero-order chi connectivity index (χ0) is 36.4. The number of aromatic amines is 1. The molecule has 52 heavy (non-hydrogen) atoms. The molecule has 10 nitrogen and oxygen atoms in total. The number of methoxy groups -OCH3 is 1. The van der Waals surface area contributed by atoms with Crippen molar-refractivity contribution in [1.82, 2.24) is 14.8 Å². The molecule has 0 radical (unpaired) electrons. The monoisotopic (exact) mass is 708 g/mol. The second-order valence-electron chi connectivity index (χ2n) is 16.6. The maximum absolute atomic E-state index is 13.9. The Morgan fingerprint density at radius 2 is 1.90 bits per heavy atom. The van der Waals surface area contributed by atoms with Crippen molar-refractivity contribution in [3.8, 4) is 0 Å². The van der Waals surface area contributed by atoms with E-state index in [4.69, 9.17) is 4.74 Å². The molecule has 1 aromatic heterocycles. The molecule has 3 aromatic rings. The van der Waals surface area contributed by atoms with Crippen molar-refractivity contribution >= 4 is 28.1 Å². The van der Waals surface area contributed by atoms with Crippen LogP contribution in [0.5, 0.6) is 0 Å². The van der Waals surface area contributed by atoms with E-state index >= 15 is 0 Å². The van der Waals surface area contributed by atoms with Gasteiger partial charge in [-0.3, -0.25) is 9.80 Å². The predicted octanol–water partition coefficient (Wildman–Crippen LogP) is 3.49. The Morgan fingerprint density at radius 3 is 2.65 bits per heavy atom. The molecular weight excluding hydrogens is 656 g/mol. The fraction of sp³-hybridized carbons (Fsp3) is 0.548. The largest absolute Gasteiger partial charge is 0.467 e. The Labute approximate surface area is 305 Å².